The van der Waals surface area contributed by atoms with Crippen LogP contribution in [-0.4, -0.2) is 65.5 Å². The molecule has 3 amide bonds. The number of benzene rings is 2. The number of anilines is 1. The molecule has 0 bridgehead atoms. The molecule has 35 heavy (non-hydrogen) atoms. The first-order valence-electron chi connectivity index (χ1n) is 12.8. The van der Waals surface area contributed by atoms with Gasteiger partial charge in [-0.2, -0.15) is 0 Å². The average molecular weight is 492 g/mol. The van der Waals surface area contributed by atoms with E-state index >= 15 is 0 Å². The fourth-order valence-corrected chi connectivity index (χ4v) is 6.57. The minimum atomic E-state index is -0.813. The summed E-state index contributed by atoms with van der Waals surface area (Å²) in [5.74, 6) is 0.147. The van der Waals surface area contributed by atoms with Gasteiger partial charge in [-0.05, 0) is 62.1 Å². The second kappa shape index (κ2) is 10.9. The van der Waals surface area contributed by atoms with Gasteiger partial charge in [0.05, 0.1) is 5.69 Å². The molecule has 1 atom stereocenters. The highest BCUT2D eigenvalue weighted by Gasteiger charge is 2.41. The number of hydrogen-bond donors (Lipinski definition) is 0. The molecule has 6 nitrogen and oxygen atoms in total. The number of rotatable bonds is 5. The van der Waals surface area contributed by atoms with Gasteiger partial charge in [-0.3, -0.25) is 14.4 Å². The predicted molar refractivity (Wildman–Crippen MR) is 138 cm³/mol. The summed E-state index contributed by atoms with van der Waals surface area (Å²) in [6, 6.07) is 18.1. The summed E-state index contributed by atoms with van der Waals surface area (Å²) >= 11 is 1.33. The standard InChI is InChI=1S/C28H33N3O3S/c32-25(29-17-13-22(14-18-29)19-21-9-3-1-4-10-21)20-31-23-11-5-6-12-24(23)35-26(28(31)34)27(33)30-15-7-2-8-16-30/h1,3-6,9-12,22,26H,2,7-8,13-20H2. The van der Waals surface area contributed by atoms with Crippen molar-refractivity contribution in [3.63, 3.8) is 0 Å². The van der Waals surface area contributed by atoms with E-state index in [4.69, 9.17) is 0 Å². The SMILES string of the molecule is O=C(CN1C(=O)C(C(=O)N2CCCCC2)Sc2ccccc21)N1CCC(Cc2ccccc2)CC1. The fraction of sp³-hybridized carbons (Fsp3) is 0.464. The van der Waals surface area contributed by atoms with Gasteiger partial charge in [0.25, 0.3) is 5.91 Å². The zero-order chi connectivity index (χ0) is 24.2. The zero-order valence-electron chi connectivity index (χ0n) is 20.1. The van der Waals surface area contributed by atoms with Crippen molar-refractivity contribution < 1.29 is 14.4 Å². The Balaban J connectivity index is 1.24. The number of hydrogen-bond acceptors (Lipinski definition) is 4. The number of para-hydroxylation sites is 1. The molecule has 2 aromatic rings. The Bertz CT molecular complexity index is 1060. The average Bonchev–Trinajstić information content (AvgIpc) is 2.91. The van der Waals surface area contributed by atoms with Crippen LogP contribution < -0.4 is 4.90 Å². The van der Waals surface area contributed by atoms with Crippen molar-refractivity contribution in [2.75, 3.05) is 37.6 Å². The monoisotopic (exact) mass is 491 g/mol. The molecule has 2 fully saturated rings. The Morgan fingerprint density at radius 2 is 1.51 bits per heavy atom. The second-order valence-electron chi connectivity index (χ2n) is 9.79. The molecule has 3 aliphatic heterocycles. The molecule has 1 unspecified atom stereocenters. The van der Waals surface area contributed by atoms with Gasteiger partial charge >= 0.3 is 0 Å². The van der Waals surface area contributed by atoms with E-state index in [2.05, 4.69) is 24.3 Å². The third-order valence-corrected chi connectivity index (χ3v) is 8.65. The van der Waals surface area contributed by atoms with Gasteiger partial charge in [0.1, 0.15) is 6.54 Å². The van der Waals surface area contributed by atoms with Gasteiger partial charge in [-0.15, -0.1) is 11.8 Å². The van der Waals surface area contributed by atoms with Crippen molar-refractivity contribution in [2.24, 2.45) is 5.92 Å². The van der Waals surface area contributed by atoms with Crippen LogP contribution in [0.3, 0.4) is 0 Å². The van der Waals surface area contributed by atoms with Crippen LogP contribution in [0.5, 0.6) is 0 Å². The van der Waals surface area contributed by atoms with Crippen molar-refractivity contribution >= 4 is 35.2 Å². The lowest BCUT2D eigenvalue weighted by atomic mass is 9.90. The smallest absolute Gasteiger partial charge is 0.250 e. The Morgan fingerprint density at radius 1 is 0.829 bits per heavy atom. The normalized spacial score (nSPS) is 21.1. The summed E-state index contributed by atoms with van der Waals surface area (Å²) < 4.78 is 0. The van der Waals surface area contributed by atoms with E-state index in [0.29, 0.717) is 32.1 Å². The van der Waals surface area contributed by atoms with E-state index in [1.807, 2.05) is 40.1 Å². The molecule has 5 rings (SSSR count). The van der Waals surface area contributed by atoms with Crippen LogP contribution >= 0.6 is 11.8 Å². The van der Waals surface area contributed by atoms with Crippen molar-refractivity contribution in [2.45, 2.75) is 48.7 Å². The van der Waals surface area contributed by atoms with Crippen LogP contribution in [0.15, 0.2) is 59.5 Å². The first-order valence-corrected chi connectivity index (χ1v) is 13.7. The third kappa shape index (κ3) is 5.40. The van der Waals surface area contributed by atoms with Crippen molar-refractivity contribution in [1.29, 1.82) is 0 Å². The van der Waals surface area contributed by atoms with Crippen molar-refractivity contribution in [3.8, 4) is 0 Å². The maximum atomic E-state index is 13.5. The number of likely N-dealkylation sites (tertiary alicyclic amines) is 2. The van der Waals surface area contributed by atoms with Crippen LogP contribution in [0.25, 0.3) is 0 Å². The van der Waals surface area contributed by atoms with Crippen LogP contribution in [0.1, 0.15) is 37.7 Å². The Morgan fingerprint density at radius 3 is 2.26 bits per heavy atom. The minimum Gasteiger partial charge on any atom is -0.341 e. The van der Waals surface area contributed by atoms with Crippen LogP contribution in [0.4, 0.5) is 5.69 Å². The van der Waals surface area contributed by atoms with Crippen molar-refractivity contribution in [1.82, 2.24) is 9.80 Å². The number of fused-ring (bicyclic) bond motifs is 1. The molecular formula is C28H33N3O3S. The number of carbonyl (C=O) groups is 3. The van der Waals surface area contributed by atoms with Gasteiger partial charge in [0.15, 0.2) is 5.25 Å². The molecule has 0 N–H and O–H groups in total. The molecule has 3 heterocycles. The highest BCUT2D eigenvalue weighted by Crippen LogP contribution is 2.40. The summed E-state index contributed by atoms with van der Waals surface area (Å²) in [6.45, 7) is 2.84. The quantitative estimate of drug-likeness (QED) is 0.594. The number of nitrogens with zero attached hydrogens (tertiary/aromatic N) is 3. The Labute approximate surface area is 211 Å². The van der Waals surface area contributed by atoms with Gasteiger partial charge in [-0.1, -0.05) is 42.5 Å². The zero-order valence-corrected chi connectivity index (χ0v) is 20.9. The molecule has 0 spiro atoms. The molecule has 3 aliphatic rings. The molecule has 2 aromatic carbocycles. The molecule has 0 aliphatic carbocycles. The molecular weight excluding hydrogens is 458 g/mol. The van der Waals surface area contributed by atoms with Gasteiger partial charge in [0.2, 0.25) is 11.8 Å². The highest BCUT2D eigenvalue weighted by atomic mass is 32.2. The molecule has 0 saturated carbocycles. The van der Waals surface area contributed by atoms with Gasteiger partial charge < -0.3 is 14.7 Å². The summed E-state index contributed by atoms with van der Waals surface area (Å²) in [7, 11) is 0. The lowest BCUT2D eigenvalue weighted by molar-refractivity contribution is -0.137. The van der Waals surface area contributed by atoms with E-state index < -0.39 is 5.25 Å². The number of thioether (sulfide) groups is 1. The van der Waals surface area contributed by atoms with Crippen LogP contribution in [0.2, 0.25) is 0 Å². The summed E-state index contributed by atoms with van der Waals surface area (Å²) in [4.78, 5) is 46.2. The second-order valence-corrected chi connectivity index (χ2v) is 10.9. The number of piperidine rings is 2. The fourth-order valence-electron chi connectivity index (χ4n) is 5.39. The van der Waals surface area contributed by atoms with E-state index in [9.17, 15) is 14.4 Å². The first kappa shape index (κ1) is 23.9. The molecule has 2 saturated heterocycles. The third-order valence-electron chi connectivity index (χ3n) is 7.41. The van der Waals surface area contributed by atoms with E-state index in [-0.39, 0.29) is 24.3 Å². The largest absolute Gasteiger partial charge is 0.341 e. The predicted octanol–water partition coefficient (Wildman–Crippen LogP) is 3.99. The summed E-state index contributed by atoms with van der Waals surface area (Å²) in [6.07, 6.45) is 6.07. The van der Waals surface area contributed by atoms with E-state index in [1.54, 1.807) is 4.90 Å². The minimum absolute atomic E-state index is 0.0104. The van der Waals surface area contributed by atoms with Gasteiger partial charge in [-0.25, -0.2) is 0 Å². The highest BCUT2D eigenvalue weighted by molar-refractivity contribution is 8.01. The van der Waals surface area contributed by atoms with Crippen molar-refractivity contribution in [3.05, 3.63) is 60.2 Å². The van der Waals surface area contributed by atoms with Crippen LogP contribution in [0, 0.1) is 5.92 Å². The maximum absolute atomic E-state index is 13.5. The lowest BCUT2D eigenvalue weighted by Gasteiger charge is -2.38. The summed E-state index contributed by atoms with van der Waals surface area (Å²) in [5.41, 5.74) is 2.08. The molecule has 0 radical (unpaired) electrons. The Kier molecular flexibility index (Phi) is 7.42. The number of amides is 3. The van der Waals surface area contributed by atoms with Gasteiger partial charge in [0, 0.05) is 31.1 Å². The molecule has 184 valence electrons. The lowest BCUT2D eigenvalue weighted by Crippen LogP contribution is -2.53. The number of carbonyl (C=O) groups excluding carboxylic acids is 3. The first-order chi connectivity index (χ1) is 17.1. The molecule has 7 heteroatoms. The van der Waals surface area contributed by atoms with Crippen LogP contribution in [-0.2, 0) is 20.8 Å². The molecule has 0 aromatic heterocycles. The Hall–Kier alpha value is -2.80. The van der Waals surface area contributed by atoms with E-state index in [0.717, 1.165) is 49.1 Å². The maximum Gasteiger partial charge on any atom is 0.250 e. The summed E-state index contributed by atoms with van der Waals surface area (Å²) in [5, 5.41) is -0.813. The van der Waals surface area contributed by atoms with E-state index in [1.165, 1.54) is 17.3 Å². The topological polar surface area (TPSA) is 60.9 Å².